The van der Waals surface area contributed by atoms with Crippen LogP contribution in [0.4, 0.5) is 0 Å². The number of halogens is 1. The van der Waals surface area contributed by atoms with Gasteiger partial charge in [0.2, 0.25) is 9.05 Å². The van der Waals surface area contributed by atoms with Gasteiger partial charge in [0, 0.05) is 10.7 Å². The largest absolute Gasteiger partial charge is 0.237 e. The predicted octanol–water partition coefficient (Wildman–Crippen LogP) is 3.16. The predicted molar refractivity (Wildman–Crippen MR) is 57.5 cm³/mol. The van der Waals surface area contributed by atoms with Crippen LogP contribution < -0.4 is 0 Å². The molecule has 0 radical (unpaired) electrons. The monoisotopic (exact) mass is 226 g/mol. The molecule has 0 N–H and O–H groups in total. The Morgan fingerprint density at radius 2 is 1.54 bits per heavy atom. The van der Waals surface area contributed by atoms with E-state index in [0.717, 1.165) is 6.42 Å². The van der Waals surface area contributed by atoms with E-state index in [1.165, 1.54) is 0 Å². The zero-order valence-corrected chi connectivity index (χ0v) is 10.6. The molecule has 0 rings (SSSR count). The molecule has 0 bridgehead atoms. The highest BCUT2D eigenvalue weighted by Gasteiger charge is 2.37. The molecule has 0 spiro atoms. The van der Waals surface area contributed by atoms with Gasteiger partial charge in [0.05, 0.1) is 4.75 Å². The molecular weight excluding hydrogens is 208 g/mol. The minimum absolute atomic E-state index is 0.0193. The third-order valence-electron chi connectivity index (χ3n) is 2.52. The van der Waals surface area contributed by atoms with Crippen molar-refractivity contribution < 1.29 is 8.42 Å². The molecule has 0 saturated heterocycles. The van der Waals surface area contributed by atoms with Gasteiger partial charge in [0.25, 0.3) is 0 Å². The summed E-state index contributed by atoms with van der Waals surface area (Å²) < 4.78 is 21.6. The van der Waals surface area contributed by atoms with E-state index >= 15 is 0 Å². The molecule has 13 heavy (non-hydrogen) atoms. The van der Waals surface area contributed by atoms with Crippen molar-refractivity contribution in [1.29, 1.82) is 0 Å². The van der Waals surface area contributed by atoms with Crippen LogP contribution in [0.1, 0.15) is 47.5 Å². The first kappa shape index (κ1) is 13.2. The van der Waals surface area contributed by atoms with Crippen LogP contribution in [-0.4, -0.2) is 13.2 Å². The lowest BCUT2D eigenvalue weighted by Crippen LogP contribution is -2.33. The van der Waals surface area contributed by atoms with E-state index in [4.69, 9.17) is 10.7 Å². The molecule has 0 amide bonds. The van der Waals surface area contributed by atoms with Gasteiger partial charge in [-0.05, 0) is 25.7 Å². The van der Waals surface area contributed by atoms with Crippen LogP contribution in [0, 0.1) is 5.41 Å². The summed E-state index contributed by atoms with van der Waals surface area (Å²) in [6, 6.07) is 0. The highest BCUT2D eigenvalue weighted by atomic mass is 35.7. The third kappa shape index (κ3) is 3.86. The highest BCUT2D eigenvalue weighted by molar-refractivity contribution is 8.14. The Morgan fingerprint density at radius 3 is 1.77 bits per heavy atom. The Morgan fingerprint density at radius 1 is 1.15 bits per heavy atom. The maximum Gasteiger partial charge on any atom is 0.237 e. The minimum atomic E-state index is -3.47. The van der Waals surface area contributed by atoms with E-state index in [9.17, 15) is 8.42 Å². The van der Waals surface area contributed by atoms with Crippen LogP contribution in [0.5, 0.6) is 0 Å². The quantitative estimate of drug-likeness (QED) is 0.691. The van der Waals surface area contributed by atoms with Crippen molar-refractivity contribution in [2.45, 2.75) is 52.2 Å². The van der Waals surface area contributed by atoms with Crippen molar-refractivity contribution in [2.24, 2.45) is 5.41 Å². The average molecular weight is 227 g/mol. The van der Waals surface area contributed by atoms with Gasteiger partial charge in [0.1, 0.15) is 0 Å². The summed E-state index contributed by atoms with van der Waals surface area (Å²) in [7, 11) is 1.89. The van der Waals surface area contributed by atoms with E-state index in [1.54, 1.807) is 13.8 Å². The Hall–Kier alpha value is 0.240. The van der Waals surface area contributed by atoms with E-state index < -0.39 is 13.8 Å². The molecule has 0 aromatic heterocycles. The lowest BCUT2D eigenvalue weighted by molar-refractivity contribution is 0.287. The van der Waals surface area contributed by atoms with Crippen molar-refractivity contribution in [3.05, 3.63) is 0 Å². The summed E-state index contributed by atoms with van der Waals surface area (Å²) in [6.07, 6.45) is 1.53. The molecular formula is C9H19ClO2S. The second-order valence-corrected chi connectivity index (χ2v) is 8.09. The second kappa shape index (κ2) is 3.77. The van der Waals surface area contributed by atoms with Crippen molar-refractivity contribution in [3.8, 4) is 0 Å². The van der Waals surface area contributed by atoms with Gasteiger partial charge in [-0.2, -0.15) is 0 Å². The molecule has 4 heteroatoms. The van der Waals surface area contributed by atoms with Crippen LogP contribution in [0.15, 0.2) is 0 Å². The lowest BCUT2D eigenvalue weighted by Gasteiger charge is -2.31. The topological polar surface area (TPSA) is 34.1 Å². The van der Waals surface area contributed by atoms with Gasteiger partial charge in [-0.1, -0.05) is 27.2 Å². The zero-order valence-electron chi connectivity index (χ0n) is 9.02. The molecule has 0 aliphatic carbocycles. The van der Waals surface area contributed by atoms with Crippen molar-refractivity contribution in [3.63, 3.8) is 0 Å². The molecule has 0 aromatic rings. The van der Waals surface area contributed by atoms with Crippen LogP contribution in [0.25, 0.3) is 0 Å². The fourth-order valence-electron chi connectivity index (χ4n) is 1.36. The second-order valence-electron chi connectivity index (χ2n) is 4.89. The molecule has 0 heterocycles. The van der Waals surface area contributed by atoms with Crippen LogP contribution in [0.2, 0.25) is 0 Å². The Bertz CT molecular complexity index is 265. The molecule has 0 aromatic carbocycles. The smallest absolute Gasteiger partial charge is 0.212 e. The molecule has 0 aliphatic heterocycles. The number of hydrogen-bond acceptors (Lipinski definition) is 2. The maximum absolute atomic E-state index is 11.2. The third-order valence-corrected chi connectivity index (χ3v) is 5.24. The fourth-order valence-corrected chi connectivity index (χ4v) is 2.09. The first-order valence-corrected chi connectivity index (χ1v) is 6.77. The van der Waals surface area contributed by atoms with Gasteiger partial charge in [-0.25, -0.2) is 8.42 Å². The van der Waals surface area contributed by atoms with Gasteiger partial charge >= 0.3 is 0 Å². The summed E-state index contributed by atoms with van der Waals surface area (Å²) in [5.41, 5.74) is 0.0193. The number of rotatable bonds is 4. The van der Waals surface area contributed by atoms with E-state index in [2.05, 4.69) is 20.8 Å². The molecule has 2 nitrogen and oxygen atoms in total. The van der Waals surface area contributed by atoms with E-state index in [0.29, 0.717) is 6.42 Å². The van der Waals surface area contributed by atoms with Crippen LogP contribution in [0.3, 0.4) is 0 Å². The van der Waals surface area contributed by atoms with Crippen molar-refractivity contribution in [1.82, 2.24) is 0 Å². The van der Waals surface area contributed by atoms with Gasteiger partial charge in [-0.15, -0.1) is 0 Å². The van der Waals surface area contributed by atoms with E-state index in [1.807, 2.05) is 0 Å². The number of hydrogen-bond donors (Lipinski definition) is 0. The van der Waals surface area contributed by atoms with Crippen molar-refractivity contribution >= 4 is 19.7 Å². The Labute approximate surface area is 86.1 Å². The SMILES string of the molecule is CCC(C)(C)CC(C)(C)S(=O)(=O)Cl. The zero-order chi connectivity index (χ0) is 10.9. The van der Waals surface area contributed by atoms with E-state index in [-0.39, 0.29) is 5.41 Å². The summed E-state index contributed by atoms with van der Waals surface area (Å²) in [5, 5.41) is 0. The van der Waals surface area contributed by atoms with Crippen molar-refractivity contribution in [2.75, 3.05) is 0 Å². The van der Waals surface area contributed by atoms with Crippen LogP contribution >= 0.6 is 10.7 Å². The average Bonchev–Trinajstić information content (AvgIpc) is 1.83. The highest BCUT2D eigenvalue weighted by Crippen LogP contribution is 2.36. The normalized spacial score (nSPS) is 14.6. The van der Waals surface area contributed by atoms with Crippen LogP contribution in [-0.2, 0) is 9.05 Å². The first-order chi connectivity index (χ1) is 5.52. The standard InChI is InChI=1S/C9H19ClO2S/c1-6-8(2,3)7-9(4,5)13(10,11)12/h6-7H2,1-5H3. The molecule has 0 saturated carbocycles. The van der Waals surface area contributed by atoms with Gasteiger partial charge in [-0.3, -0.25) is 0 Å². The molecule has 80 valence electrons. The Balaban J connectivity index is 4.72. The fraction of sp³-hybridized carbons (Fsp3) is 1.00. The summed E-state index contributed by atoms with van der Waals surface area (Å²) in [5.74, 6) is 0. The first-order valence-electron chi connectivity index (χ1n) is 4.46. The Kier molecular flexibility index (Phi) is 3.84. The minimum Gasteiger partial charge on any atom is -0.212 e. The molecule has 0 unspecified atom stereocenters. The van der Waals surface area contributed by atoms with Gasteiger partial charge in [0.15, 0.2) is 0 Å². The summed E-state index contributed by atoms with van der Waals surface area (Å²) in [4.78, 5) is 0. The molecule has 0 aliphatic rings. The molecule has 0 atom stereocenters. The molecule has 0 fully saturated rings. The maximum atomic E-state index is 11.2. The summed E-state index contributed by atoms with van der Waals surface area (Å²) in [6.45, 7) is 9.50. The summed E-state index contributed by atoms with van der Waals surface area (Å²) >= 11 is 0. The van der Waals surface area contributed by atoms with Gasteiger partial charge < -0.3 is 0 Å². The lowest BCUT2D eigenvalue weighted by atomic mass is 9.81.